The van der Waals surface area contributed by atoms with Gasteiger partial charge >= 0.3 is 37.1 Å². The molecular formula is C87H62F18N6O15. The van der Waals surface area contributed by atoms with Gasteiger partial charge in [0.05, 0.1) is 57.8 Å². The van der Waals surface area contributed by atoms with Crippen LogP contribution in [0.15, 0.2) is 206 Å². The van der Waals surface area contributed by atoms with E-state index in [9.17, 15) is 95.3 Å². The lowest BCUT2D eigenvalue weighted by atomic mass is 9.72. The van der Waals surface area contributed by atoms with Crippen LogP contribution >= 0.6 is 0 Å². The summed E-state index contributed by atoms with van der Waals surface area (Å²) >= 11 is 0. The Morgan fingerprint density at radius 1 is 0.325 bits per heavy atom. The van der Waals surface area contributed by atoms with E-state index < -0.39 is 238 Å². The first-order chi connectivity index (χ1) is 58.9. The molecule has 8 atom stereocenters. The molecule has 9 aromatic rings. The zero-order chi connectivity index (χ0) is 91.7. The van der Waals surface area contributed by atoms with Crippen LogP contribution in [-0.4, -0.2) is 122 Å². The first kappa shape index (κ1) is 88.3. The van der Waals surface area contributed by atoms with Gasteiger partial charge in [0, 0.05) is 29.3 Å². The van der Waals surface area contributed by atoms with Gasteiger partial charge in [0.15, 0.2) is 5.78 Å². The van der Waals surface area contributed by atoms with Gasteiger partial charge in [-0.25, -0.2) is 9.80 Å². The van der Waals surface area contributed by atoms with E-state index in [-0.39, 0.29) is 57.7 Å². The number of phenols is 6. The summed E-state index contributed by atoms with van der Waals surface area (Å²) in [6.45, 7) is 1.22. The van der Waals surface area contributed by atoms with Crippen molar-refractivity contribution in [1.29, 1.82) is 0 Å². The van der Waals surface area contributed by atoms with Crippen LogP contribution in [0.25, 0.3) is 0 Å². The largest absolute Gasteiger partial charge is 0.506 e. The molecule has 9 aromatic carbocycles. The molecule has 15 rings (SSSR count). The molecule has 0 radical (unpaired) electrons. The van der Waals surface area contributed by atoms with Crippen LogP contribution in [0.2, 0.25) is 0 Å². The van der Waals surface area contributed by atoms with Crippen LogP contribution in [0.4, 0.5) is 113 Å². The summed E-state index contributed by atoms with van der Waals surface area (Å²) in [5.41, 5.74) is -28.8. The normalized spacial score (nSPS) is 19.8. The Kier molecular flexibility index (Phi) is 21.9. The molecule has 2 saturated carbocycles. The average molecular weight is 1770 g/mol. The maximum absolute atomic E-state index is 15.4. The fraction of sp³-hybridized carbons (Fsp3) is 0.241. The number of hydrogen-bond acceptors (Lipinski definition) is 16. The number of ether oxygens (including phenoxy) is 1. The van der Waals surface area contributed by atoms with Crippen molar-refractivity contribution >= 4 is 81.3 Å². The van der Waals surface area contributed by atoms with E-state index in [4.69, 9.17) is 4.74 Å². The maximum atomic E-state index is 15.4. The second-order valence-corrected chi connectivity index (χ2v) is 30.5. The summed E-state index contributed by atoms with van der Waals surface area (Å²) in [5.74, 6) is -17.4. The van der Waals surface area contributed by atoms with Gasteiger partial charge in [-0.15, -0.1) is 0 Å². The Morgan fingerprint density at radius 2 is 0.579 bits per heavy atom. The molecule has 4 fully saturated rings. The van der Waals surface area contributed by atoms with Gasteiger partial charge in [0.1, 0.15) is 46.0 Å². The van der Waals surface area contributed by atoms with E-state index in [1.807, 2.05) is 0 Å². The number of nitrogens with zero attached hydrogens (tertiary/aromatic N) is 2. The van der Waals surface area contributed by atoms with Crippen LogP contribution in [0.1, 0.15) is 94.6 Å². The molecule has 21 nitrogen and oxygen atoms in total. The third-order valence-electron chi connectivity index (χ3n) is 23.5. The molecule has 10 N–H and O–H groups in total. The zero-order valence-corrected chi connectivity index (χ0v) is 64.2. The van der Waals surface area contributed by atoms with E-state index in [0.29, 0.717) is 120 Å². The topological polar surface area (TPSA) is 322 Å². The lowest BCUT2D eigenvalue weighted by molar-refractivity contribution is -0.290. The van der Waals surface area contributed by atoms with Crippen molar-refractivity contribution < 1.29 is 153 Å². The van der Waals surface area contributed by atoms with E-state index in [0.717, 1.165) is 37.4 Å². The molecule has 0 spiro atoms. The van der Waals surface area contributed by atoms with E-state index >= 15 is 52.7 Å². The minimum Gasteiger partial charge on any atom is -0.506 e. The molecule has 126 heavy (non-hydrogen) atoms. The number of Topliss-reactive ketones (excluding diaryl/α,β-unsaturated/α-hetero) is 1. The summed E-state index contributed by atoms with van der Waals surface area (Å²) in [7, 11) is 1.15. The van der Waals surface area contributed by atoms with Gasteiger partial charge in [-0.2, -0.15) is 79.0 Å². The second-order valence-electron chi connectivity index (χ2n) is 30.5. The Labute approximate surface area is 697 Å². The first-order valence-corrected chi connectivity index (χ1v) is 37.6. The van der Waals surface area contributed by atoms with Gasteiger partial charge < -0.3 is 56.6 Å². The van der Waals surface area contributed by atoms with Crippen LogP contribution < -0.4 is 35.8 Å². The fourth-order valence-electron chi connectivity index (χ4n) is 17.6. The second kappa shape index (κ2) is 31.3. The van der Waals surface area contributed by atoms with E-state index in [1.54, 1.807) is 24.3 Å². The molecular weight excluding hydrogens is 1710 g/mol. The fourth-order valence-corrected chi connectivity index (χ4v) is 17.6. The number of benzene rings is 9. The molecule has 4 bridgehead atoms. The number of fused-ring (bicyclic) bond motifs is 10. The van der Waals surface area contributed by atoms with E-state index in [2.05, 4.69) is 21.3 Å². The number of anilines is 6. The predicted octanol–water partition coefficient (Wildman–Crippen LogP) is 18.3. The monoisotopic (exact) mass is 1770 g/mol. The van der Waals surface area contributed by atoms with Gasteiger partial charge in [-0.1, -0.05) is 72.8 Å². The number of aromatic hydroxyl groups is 6. The number of imide groups is 2. The molecule has 7 amide bonds. The summed E-state index contributed by atoms with van der Waals surface area (Å²) in [6.07, 6.45) is -29.0. The van der Waals surface area contributed by atoms with Crippen molar-refractivity contribution in [1.82, 2.24) is 0 Å². The summed E-state index contributed by atoms with van der Waals surface area (Å²) in [6, 6.07) is 21.7. The summed E-state index contributed by atoms with van der Waals surface area (Å²) < 4.78 is 278. The van der Waals surface area contributed by atoms with Crippen molar-refractivity contribution in [3.63, 3.8) is 0 Å². The molecule has 656 valence electrons. The van der Waals surface area contributed by atoms with Crippen LogP contribution in [0.3, 0.4) is 0 Å². The molecule has 6 aliphatic rings. The Bertz CT molecular complexity index is 5940. The Balaban J connectivity index is 0.000000233. The van der Waals surface area contributed by atoms with Gasteiger partial charge in [-0.05, 0) is 210 Å². The van der Waals surface area contributed by atoms with Crippen molar-refractivity contribution in [2.75, 3.05) is 38.1 Å². The highest BCUT2D eigenvalue weighted by atomic mass is 19.4. The number of hydrogen-bond donors (Lipinski definition) is 10. The van der Waals surface area contributed by atoms with Crippen molar-refractivity contribution in [3.05, 3.63) is 262 Å². The third kappa shape index (κ3) is 14.5. The van der Waals surface area contributed by atoms with Crippen LogP contribution in [0.5, 0.6) is 46.0 Å². The van der Waals surface area contributed by atoms with Gasteiger partial charge in [0.2, 0.25) is 39.9 Å². The van der Waals surface area contributed by atoms with Crippen molar-refractivity contribution in [2.45, 2.75) is 73.1 Å². The summed E-state index contributed by atoms with van der Waals surface area (Å²) in [5, 5.41) is 71.4. The van der Waals surface area contributed by atoms with Crippen molar-refractivity contribution in [3.8, 4) is 46.0 Å². The minimum atomic E-state index is -6.25. The average Bonchev–Trinajstić information content (AvgIpc) is 1.04. The molecule has 4 aliphatic carbocycles. The predicted molar refractivity (Wildman–Crippen MR) is 411 cm³/mol. The SMILES string of the molecule is CC(=O)c1cccc(C(=O)Nc2cc(C(c3ccc(O)c(N4C(=O)C5C6C=CC(C6)C5C4=O)c3)(C(F)(F)F)C(F)(F)F)ccc2O)c1.CNc1cc(C(c2ccc(O)c(NC(=O)c3ccc(Oc4ccc(C(=O)Nc5cc(C(c6ccc(O)c(N7C(=O)C8C9C=CC(C9)C8C7=O)c6)(C(F)(F)F)C(F)(F)F)ccc5O)cc4)cc3)c2)(C(F)(F)F)C(F)(F)F)ccc1O. The number of phenolic OH excluding ortho intramolecular Hbond substituents is 6. The highest BCUT2D eigenvalue weighted by molar-refractivity contribution is 6.24. The number of nitrogens with one attached hydrogen (secondary N) is 4. The number of amides is 7. The Hall–Kier alpha value is -14.0. The highest BCUT2D eigenvalue weighted by Gasteiger charge is 2.76. The lowest BCUT2D eigenvalue weighted by Crippen LogP contribution is -2.54. The molecule has 39 heteroatoms. The molecule has 2 aliphatic heterocycles. The number of halogens is 18. The highest BCUT2D eigenvalue weighted by Crippen LogP contribution is 2.64. The number of allylic oxidation sites excluding steroid dienone is 4. The van der Waals surface area contributed by atoms with Crippen LogP contribution in [-0.2, 0) is 35.4 Å². The molecule has 2 heterocycles. The number of rotatable bonds is 18. The minimum absolute atomic E-state index is 0.000691. The standard InChI is InChI=1S/C54H38F12N4O9.C33H24F6N2O6/c1-67-35-21-29(8-16-39(35)71)49(51(55,56)57,52(58,59)60)30-9-17-40(72)36(22-30)68-45(75)25-4-12-33(13-5-25)79-34-14-6-26(7-15-34)46(76)69-37-23-31(10-18-41(37)73)50(53(61,62)63,54(64,65)66)32-11-19-42(74)38(24-32)70-47(77)43-27-2-3-28(20-27)44(43)48(70)78;1-15(42)16-3-2-4-19(11-16)28(45)40-22-13-20(7-9-24(22)43)31(32(34,35)36,33(37,38)39)21-8-10-25(44)23(14-21)41-29(46)26-17-5-6-18(12-17)27(26)30(41)47/h2-19,21-24,27-28,43-44,67,71-74H,20H2,1H3,(H,68,75)(H,69,76);2-11,13-14,17-18,26-27,43-44H,12H2,1H3,(H,40,45). The molecule has 8 unspecified atom stereocenters. The molecule has 2 saturated heterocycles. The number of alkyl halides is 18. The zero-order valence-electron chi connectivity index (χ0n) is 64.2. The van der Waals surface area contributed by atoms with Crippen molar-refractivity contribution in [2.24, 2.45) is 47.3 Å². The number of ketones is 1. The smallest absolute Gasteiger partial charge is 0.411 e. The quantitative estimate of drug-likeness (QED) is 0.0125. The Morgan fingerprint density at radius 3 is 0.857 bits per heavy atom. The van der Waals surface area contributed by atoms with Gasteiger partial charge in [-0.3, -0.25) is 38.4 Å². The number of carbonyl (C=O) groups excluding carboxylic acids is 8. The van der Waals surface area contributed by atoms with Gasteiger partial charge in [0.25, 0.3) is 17.7 Å². The van der Waals surface area contributed by atoms with E-state index in [1.165, 1.54) is 49.4 Å². The van der Waals surface area contributed by atoms with Crippen LogP contribution in [0, 0.1) is 47.3 Å². The lowest BCUT2D eigenvalue weighted by Gasteiger charge is -2.39. The maximum Gasteiger partial charge on any atom is 0.411 e. The first-order valence-electron chi connectivity index (χ1n) is 37.6. The number of carbonyl (C=O) groups is 8. The third-order valence-corrected chi connectivity index (χ3v) is 23.5. The molecule has 0 aromatic heterocycles. The summed E-state index contributed by atoms with van der Waals surface area (Å²) in [4.78, 5) is 106.